The maximum atomic E-state index is 10.5. The molecule has 0 fully saturated rings. The molecule has 0 atom stereocenters. The van der Waals surface area contributed by atoms with Crippen LogP contribution in [0.15, 0.2) is 60.7 Å². The Bertz CT molecular complexity index is 397. The number of primary amides is 1. The molecule has 0 saturated heterocycles. The van der Waals surface area contributed by atoms with Crippen molar-refractivity contribution in [1.29, 1.82) is 0 Å². The summed E-state index contributed by atoms with van der Waals surface area (Å²) >= 11 is 0. The average molecular weight is 215 g/mol. The van der Waals surface area contributed by atoms with Crippen LogP contribution in [0.5, 0.6) is 5.75 Å². The molecule has 2 aromatic carbocycles. The van der Waals surface area contributed by atoms with Gasteiger partial charge in [0.2, 0.25) is 5.91 Å². The van der Waals surface area contributed by atoms with E-state index in [9.17, 15) is 4.79 Å². The van der Waals surface area contributed by atoms with Crippen molar-refractivity contribution in [1.82, 2.24) is 0 Å². The summed E-state index contributed by atoms with van der Waals surface area (Å²) in [6, 6.07) is 17.8. The maximum absolute atomic E-state index is 10.5. The Kier molecular flexibility index (Phi) is 4.60. The molecule has 2 aromatic rings. The smallest absolute Gasteiger partial charge is 0.248 e. The van der Waals surface area contributed by atoms with Gasteiger partial charge in [0.25, 0.3) is 0 Å². The summed E-state index contributed by atoms with van der Waals surface area (Å²) in [6.45, 7) is 0. The molecule has 3 N–H and O–H groups in total. The molecule has 0 heterocycles. The van der Waals surface area contributed by atoms with Crippen molar-refractivity contribution >= 4 is 5.91 Å². The molecule has 2 rings (SSSR count). The van der Waals surface area contributed by atoms with Gasteiger partial charge in [-0.3, -0.25) is 4.79 Å². The molecule has 1 amide bonds. The van der Waals surface area contributed by atoms with Crippen LogP contribution in [0.1, 0.15) is 10.4 Å². The van der Waals surface area contributed by atoms with Crippen LogP contribution >= 0.6 is 0 Å². The molecule has 0 spiro atoms. The third kappa shape index (κ3) is 4.28. The maximum Gasteiger partial charge on any atom is 0.248 e. The van der Waals surface area contributed by atoms with E-state index in [1.165, 1.54) is 24.3 Å². The minimum Gasteiger partial charge on any atom is -0.508 e. The molecule has 0 aliphatic rings. The number of aromatic hydroxyl groups is 1. The Morgan fingerprint density at radius 1 is 0.875 bits per heavy atom. The number of phenolic OH excluding ortho intramolecular Hbond substituents is 1. The van der Waals surface area contributed by atoms with Crippen LogP contribution in [0.3, 0.4) is 0 Å². The number of benzene rings is 2. The molecule has 0 aliphatic carbocycles. The lowest BCUT2D eigenvalue weighted by atomic mass is 10.2. The summed E-state index contributed by atoms with van der Waals surface area (Å²) in [6.07, 6.45) is 0. The molecule has 3 heteroatoms. The highest BCUT2D eigenvalue weighted by molar-refractivity contribution is 5.92. The van der Waals surface area contributed by atoms with Gasteiger partial charge in [0.1, 0.15) is 5.75 Å². The third-order valence-electron chi connectivity index (χ3n) is 1.82. The molecule has 82 valence electrons. The fraction of sp³-hybridized carbons (Fsp3) is 0. The van der Waals surface area contributed by atoms with E-state index in [4.69, 9.17) is 10.8 Å². The molecule has 0 aliphatic heterocycles. The minimum absolute atomic E-state index is 0.130. The van der Waals surface area contributed by atoms with E-state index in [1.54, 1.807) is 0 Å². The molecular weight excluding hydrogens is 202 g/mol. The van der Waals surface area contributed by atoms with Gasteiger partial charge >= 0.3 is 0 Å². The zero-order chi connectivity index (χ0) is 11.8. The average Bonchev–Trinajstić information content (AvgIpc) is 2.32. The monoisotopic (exact) mass is 215 g/mol. The van der Waals surface area contributed by atoms with Gasteiger partial charge in [-0.15, -0.1) is 0 Å². The summed E-state index contributed by atoms with van der Waals surface area (Å²) in [5.41, 5.74) is 5.34. The van der Waals surface area contributed by atoms with Crippen molar-refractivity contribution < 1.29 is 9.90 Å². The van der Waals surface area contributed by atoms with E-state index in [1.807, 2.05) is 36.4 Å². The number of phenols is 1. The summed E-state index contributed by atoms with van der Waals surface area (Å²) in [5, 5.41) is 8.79. The van der Waals surface area contributed by atoms with E-state index in [0.717, 1.165) is 0 Å². The predicted octanol–water partition coefficient (Wildman–Crippen LogP) is 2.18. The minimum atomic E-state index is -0.486. The van der Waals surface area contributed by atoms with Crippen molar-refractivity contribution in [2.75, 3.05) is 0 Å². The Hall–Kier alpha value is -2.29. The van der Waals surface area contributed by atoms with Gasteiger partial charge in [0, 0.05) is 5.56 Å². The SMILES string of the molecule is NC(=O)c1ccc(O)cc1.c1ccccc1. The fourth-order valence-corrected chi connectivity index (χ4v) is 1.01. The Labute approximate surface area is 94.2 Å². The second kappa shape index (κ2) is 6.24. The largest absolute Gasteiger partial charge is 0.508 e. The van der Waals surface area contributed by atoms with Crippen molar-refractivity contribution in [2.45, 2.75) is 0 Å². The van der Waals surface area contributed by atoms with Crippen LogP contribution in [0, 0.1) is 0 Å². The van der Waals surface area contributed by atoms with Crippen molar-refractivity contribution in [3.63, 3.8) is 0 Å². The lowest BCUT2D eigenvalue weighted by Gasteiger charge is -1.93. The molecular formula is C13H13NO2. The first kappa shape index (κ1) is 11.8. The molecule has 16 heavy (non-hydrogen) atoms. The molecule has 0 saturated carbocycles. The third-order valence-corrected chi connectivity index (χ3v) is 1.82. The second-order valence-corrected chi connectivity index (χ2v) is 3.07. The number of nitrogens with two attached hydrogens (primary N) is 1. The first-order valence-electron chi connectivity index (χ1n) is 4.79. The van der Waals surface area contributed by atoms with Gasteiger partial charge < -0.3 is 10.8 Å². The topological polar surface area (TPSA) is 63.3 Å². The zero-order valence-electron chi connectivity index (χ0n) is 8.71. The lowest BCUT2D eigenvalue weighted by molar-refractivity contribution is 0.100. The first-order chi connectivity index (χ1) is 7.70. The van der Waals surface area contributed by atoms with Crippen LogP contribution in [0.2, 0.25) is 0 Å². The number of rotatable bonds is 1. The first-order valence-corrected chi connectivity index (χ1v) is 4.79. The summed E-state index contributed by atoms with van der Waals surface area (Å²) in [4.78, 5) is 10.5. The van der Waals surface area contributed by atoms with Gasteiger partial charge in [0.15, 0.2) is 0 Å². The Morgan fingerprint density at radius 2 is 1.25 bits per heavy atom. The van der Waals surface area contributed by atoms with Crippen LogP contribution < -0.4 is 5.73 Å². The quantitative estimate of drug-likeness (QED) is 0.765. The number of hydrogen-bond donors (Lipinski definition) is 2. The second-order valence-electron chi connectivity index (χ2n) is 3.07. The standard InChI is InChI=1S/C7H7NO2.C6H6/c8-7(10)5-1-3-6(9)4-2-5;1-2-4-6-5-3-1/h1-4,9H,(H2,8,10);1-6H. The van der Waals surface area contributed by atoms with E-state index in [2.05, 4.69) is 0 Å². The van der Waals surface area contributed by atoms with Crippen molar-refractivity contribution in [2.24, 2.45) is 5.73 Å². The fourth-order valence-electron chi connectivity index (χ4n) is 1.01. The number of amides is 1. The summed E-state index contributed by atoms with van der Waals surface area (Å²) in [7, 11) is 0. The predicted molar refractivity (Wildman–Crippen MR) is 63.1 cm³/mol. The van der Waals surface area contributed by atoms with Gasteiger partial charge in [-0.25, -0.2) is 0 Å². The van der Waals surface area contributed by atoms with Crippen LogP contribution in [0.25, 0.3) is 0 Å². The molecule has 0 aromatic heterocycles. The molecule has 0 bridgehead atoms. The zero-order valence-corrected chi connectivity index (χ0v) is 8.71. The normalized spacial score (nSPS) is 8.75. The van der Waals surface area contributed by atoms with Crippen LogP contribution in [-0.4, -0.2) is 11.0 Å². The highest BCUT2D eigenvalue weighted by Crippen LogP contribution is 2.08. The highest BCUT2D eigenvalue weighted by atomic mass is 16.3. The van der Waals surface area contributed by atoms with Crippen molar-refractivity contribution in [3.05, 3.63) is 66.2 Å². The van der Waals surface area contributed by atoms with E-state index in [0.29, 0.717) is 5.56 Å². The lowest BCUT2D eigenvalue weighted by Crippen LogP contribution is -2.10. The summed E-state index contributed by atoms with van der Waals surface area (Å²) < 4.78 is 0. The molecule has 0 radical (unpaired) electrons. The van der Waals surface area contributed by atoms with E-state index >= 15 is 0 Å². The van der Waals surface area contributed by atoms with Gasteiger partial charge in [-0.1, -0.05) is 36.4 Å². The molecule has 0 unspecified atom stereocenters. The van der Waals surface area contributed by atoms with E-state index < -0.39 is 5.91 Å². The van der Waals surface area contributed by atoms with Gasteiger partial charge in [-0.2, -0.15) is 0 Å². The van der Waals surface area contributed by atoms with Gasteiger partial charge in [-0.05, 0) is 24.3 Å². The Morgan fingerprint density at radius 3 is 1.56 bits per heavy atom. The Balaban J connectivity index is 0.000000181. The van der Waals surface area contributed by atoms with Crippen molar-refractivity contribution in [3.8, 4) is 5.75 Å². The highest BCUT2D eigenvalue weighted by Gasteiger charge is 1.96. The van der Waals surface area contributed by atoms with Crippen LogP contribution in [0.4, 0.5) is 0 Å². The summed E-state index contributed by atoms with van der Waals surface area (Å²) in [5.74, 6) is -0.356. The molecule has 3 nitrogen and oxygen atoms in total. The van der Waals surface area contributed by atoms with Crippen LogP contribution in [-0.2, 0) is 0 Å². The number of carbonyl (C=O) groups is 1. The van der Waals surface area contributed by atoms with E-state index in [-0.39, 0.29) is 5.75 Å². The van der Waals surface area contributed by atoms with Gasteiger partial charge in [0.05, 0.1) is 0 Å². The number of carbonyl (C=O) groups excluding carboxylic acids is 1. The number of hydrogen-bond acceptors (Lipinski definition) is 2.